The van der Waals surface area contributed by atoms with E-state index in [1.165, 1.54) is 17.6 Å². The summed E-state index contributed by atoms with van der Waals surface area (Å²) >= 11 is 3.50. The van der Waals surface area contributed by atoms with Gasteiger partial charge in [0.2, 0.25) is 0 Å². The van der Waals surface area contributed by atoms with Crippen molar-refractivity contribution in [2.75, 3.05) is 16.2 Å². The molecule has 1 unspecified atom stereocenters. The zero-order chi connectivity index (χ0) is 18.1. The number of fused-ring (bicyclic) bond motifs is 1. The molecular weight excluding hydrogens is 388 g/mol. The van der Waals surface area contributed by atoms with Crippen LogP contribution >= 0.6 is 15.9 Å². The van der Waals surface area contributed by atoms with Crippen LogP contribution in [0.25, 0.3) is 0 Å². The Kier molecular flexibility index (Phi) is 4.75. The number of nitrogens with two attached hydrogens (primary N) is 2. The van der Waals surface area contributed by atoms with Crippen molar-refractivity contribution in [2.45, 2.75) is 24.9 Å². The molecule has 2 heterocycles. The second-order valence-corrected chi connectivity index (χ2v) is 6.64. The molecular formula is C15H19BrN8O. The Hall–Kier alpha value is -2.43. The number of ether oxygens (including phenoxy) is 1. The van der Waals surface area contributed by atoms with Crippen molar-refractivity contribution in [3.63, 3.8) is 0 Å². The number of hydrazine groups is 2. The highest BCUT2D eigenvalue weighted by Gasteiger charge is 2.28. The van der Waals surface area contributed by atoms with Crippen molar-refractivity contribution in [2.24, 2.45) is 5.84 Å². The maximum absolute atomic E-state index is 7.54. The number of nitrogens with zero attached hydrogens (tertiary/aromatic N) is 3. The van der Waals surface area contributed by atoms with Gasteiger partial charge in [-0.3, -0.25) is 5.01 Å². The first-order chi connectivity index (χ1) is 11.9. The van der Waals surface area contributed by atoms with E-state index < -0.39 is 0 Å². The van der Waals surface area contributed by atoms with Gasteiger partial charge in [-0.1, -0.05) is 15.9 Å². The van der Waals surface area contributed by atoms with Crippen molar-refractivity contribution in [3.8, 4) is 5.75 Å². The molecule has 3 rings (SSSR count). The van der Waals surface area contributed by atoms with Crippen LogP contribution in [0.5, 0.6) is 5.75 Å². The monoisotopic (exact) mass is 406 g/mol. The molecule has 0 fully saturated rings. The van der Waals surface area contributed by atoms with Gasteiger partial charge in [-0.05, 0) is 19.9 Å². The second-order valence-electron chi connectivity index (χ2n) is 5.72. The van der Waals surface area contributed by atoms with E-state index in [-0.39, 0.29) is 11.1 Å². The number of benzene rings is 1. The minimum absolute atomic E-state index is 0.0687. The predicted octanol–water partition coefficient (Wildman–Crippen LogP) is 2.18. The number of hydrogen-bond acceptors (Lipinski definition) is 9. The Morgan fingerprint density at radius 3 is 2.84 bits per heavy atom. The van der Waals surface area contributed by atoms with Crippen molar-refractivity contribution < 1.29 is 4.74 Å². The maximum atomic E-state index is 7.54. The SMILES string of the molecule is CC(C)Oc1cc(N)c(C=N)cc1N(N)c1ncnc2c1C(Br)NN2. The average molecular weight is 407 g/mol. The Balaban J connectivity index is 2.12. The van der Waals surface area contributed by atoms with Crippen LogP contribution in [0.15, 0.2) is 18.5 Å². The smallest absolute Gasteiger partial charge is 0.158 e. The number of anilines is 4. The van der Waals surface area contributed by atoms with Crippen LogP contribution in [-0.4, -0.2) is 22.3 Å². The molecule has 1 aromatic heterocycles. The summed E-state index contributed by atoms with van der Waals surface area (Å²) in [6, 6.07) is 3.37. The lowest BCUT2D eigenvalue weighted by Gasteiger charge is -2.24. The van der Waals surface area contributed by atoms with Gasteiger partial charge in [0.25, 0.3) is 0 Å². The largest absolute Gasteiger partial charge is 0.489 e. The second kappa shape index (κ2) is 6.82. The normalized spacial score (nSPS) is 15.6. The summed E-state index contributed by atoms with van der Waals surface area (Å²) in [4.78, 5) is 8.29. The van der Waals surface area contributed by atoms with Crippen molar-refractivity contribution in [1.29, 1.82) is 5.41 Å². The first-order valence-electron chi connectivity index (χ1n) is 7.58. The third-order valence-corrected chi connectivity index (χ3v) is 4.29. The Bertz CT molecular complexity index is 812. The standard InChI is InChI=1S/C15H19BrN8O/c1-7(2)25-11-4-9(18)8(5-17)3-10(11)24(19)15-12-13(16)22-23-14(12)20-6-21-15/h3-7,13,17,22H,18-19H2,1-2H3,(H,20,21,23). The molecule has 0 amide bonds. The van der Waals surface area contributed by atoms with Crippen molar-refractivity contribution >= 4 is 45.2 Å². The zero-order valence-corrected chi connectivity index (χ0v) is 15.3. The summed E-state index contributed by atoms with van der Waals surface area (Å²) in [5.41, 5.74) is 14.3. The summed E-state index contributed by atoms with van der Waals surface area (Å²) in [6.07, 6.45) is 2.53. The first-order valence-corrected chi connectivity index (χ1v) is 8.50. The molecule has 0 radical (unpaired) electrons. The van der Waals surface area contributed by atoms with Crippen LogP contribution in [0.2, 0.25) is 0 Å². The molecule has 10 heteroatoms. The molecule has 2 aromatic rings. The molecule has 0 aliphatic carbocycles. The summed E-state index contributed by atoms with van der Waals surface area (Å²) < 4.78 is 5.85. The third kappa shape index (κ3) is 3.23. The van der Waals surface area contributed by atoms with E-state index in [4.69, 9.17) is 21.7 Å². The van der Waals surface area contributed by atoms with E-state index in [1.54, 1.807) is 12.1 Å². The van der Waals surface area contributed by atoms with E-state index in [0.717, 1.165) is 5.56 Å². The highest BCUT2D eigenvalue weighted by atomic mass is 79.9. The van der Waals surface area contributed by atoms with Gasteiger partial charge >= 0.3 is 0 Å². The van der Waals surface area contributed by atoms with Crippen LogP contribution in [-0.2, 0) is 0 Å². The molecule has 7 N–H and O–H groups in total. The molecule has 1 aliphatic heterocycles. The van der Waals surface area contributed by atoms with Crippen molar-refractivity contribution in [1.82, 2.24) is 15.4 Å². The van der Waals surface area contributed by atoms with E-state index in [2.05, 4.69) is 36.7 Å². The summed E-state index contributed by atoms with van der Waals surface area (Å²) in [6.45, 7) is 3.83. The topological polar surface area (TPSA) is 138 Å². The quantitative estimate of drug-likeness (QED) is 0.127. The number of alkyl halides is 1. The van der Waals surface area contributed by atoms with E-state index >= 15 is 0 Å². The molecule has 0 saturated heterocycles. The number of rotatable bonds is 5. The van der Waals surface area contributed by atoms with Gasteiger partial charge in [0, 0.05) is 23.5 Å². The van der Waals surface area contributed by atoms with Gasteiger partial charge < -0.3 is 21.3 Å². The van der Waals surface area contributed by atoms with E-state index in [9.17, 15) is 0 Å². The number of aromatic nitrogens is 2. The van der Waals surface area contributed by atoms with E-state index in [1.807, 2.05) is 13.8 Å². The van der Waals surface area contributed by atoms with Crippen LogP contribution in [0.4, 0.5) is 23.0 Å². The predicted molar refractivity (Wildman–Crippen MR) is 101 cm³/mol. The molecule has 1 aliphatic rings. The third-order valence-electron chi connectivity index (χ3n) is 3.60. The van der Waals surface area contributed by atoms with Crippen LogP contribution in [0.1, 0.15) is 29.9 Å². The summed E-state index contributed by atoms with van der Waals surface area (Å²) in [7, 11) is 0. The Morgan fingerprint density at radius 2 is 2.16 bits per heavy atom. The van der Waals surface area contributed by atoms with E-state index in [0.29, 0.717) is 34.3 Å². The number of nitrogen functional groups attached to an aromatic ring is 1. The fraction of sp³-hybridized carbons (Fsp3) is 0.267. The van der Waals surface area contributed by atoms with Gasteiger partial charge in [-0.15, -0.1) is 0 Å². The minimum atomic E-state index is -0.199. The van der Waals surface area contributed by atoms with Gasteiger partial charge in [0.15, 0.2) is 11.6 Å². The minimum Gasteiger partial charge on any atom is -0.489 e. The fourth-order valence-corrected chi connectivity index (χ4v) is 3.03. The summed E-state index contributed by atoms with van der Waals surface area (Å²) in [5.74, 6) is 8.02. The maximum Gasteiger partial charge on any atom is 0.158 e. The molecule has 132 valence electrons. The highest BCUT2D eigenvalue weighted by molar-refractivity contribution is 9.09. The fourth-order valence-electron chi connectivity index (χ4n) is 2.49. The van der Waals surface area contributed by atoms with Crippen LogP contribution < -0.4 is 32.2 Å². The molecule has 1 aromatic carbocycles. The molecule has 9 nitrogen and oxygen atoms in total. The highest BCUT2D eigenvalue weighted by Crippen LogP contribution is 2.41. The summed E-state index contributed by atoms with van der Waals surface area (Å²) in [5, 5.41) is 8.95. The van der Waals surface area contributed by atoms with Gasteiger partial charge in [0.05, 0.1) is 11.7 Å². The Morgan fingerprint density at radius 1 is 1.40 bits per heavy atom. The molecule has 0 spiro atoms. The number of halogens is 1. The first kappa shape index (κ1) is 17.4. The molecule has 0 saturated carbocycles. The van der Waals surface area contributed by atoms with Crippen LogP contribution in [0.3, 0.4) is 0 Å². The average Bonchev–Trinajstić information content (AvgIpc) is 2.95. The molecule has 0 bridgehead atoms. The Labute approximate surface area is 153 Å². The zero-order valence-electron chi connectivity index (χ0n) is 13.7. The van der Waals surface area contributed by atoms with Gasteiger partial charge in [-0.2, -0.15) is 0 Å². The van der Waals surface area contributed by atoms with Gasteiger partial charge in [-0.25, -0.2) is 21.2 Å². The number of hydrogen-bond donors (Lipinski definition) is 5. The molecule has 25 heavy (non-hydrogen) atoms. The molecule has 1 atom stereocenters. The lowest BCUT2D eigenvalue weighted by molar-refractivity contribution is 0.243. The lowest BCUT2D eigenvalue weighted by atomic mass is 10.1. The number of nitrogens with one attached hydrogen (secondary N) is 3. The van der Waals surface area contributed by atoms with Gasteiger partial charge in [0.1, 0.15) is 22.7 Å². The van der Waals surface area contributed by atoms with Crippen molar-refractivity contribution in [3.05, 3.63) is 29.6 Å². The lowest BCUT2D eigenvalue weighted by Crippen LogP contribution is -2.28. The van der Waals surface area contributed by atoms with Crippen LogP contribution in [0, 0.1) is 5.41 Å².